The minimum Gasteiger partial charge on any atom is -0.389 e. The SMILES string of the molecule is CN(CC(O)CN(C)c1ccccc1)c1ccccc1. The summed E-state index contributed by atoms with van der Waals surface area (Å²) in [6.45, 7) is 1.22. The number of anilines is 2. The summed E-state index contributed by atoms with van der Waals surface area (Å²) in [4.78, 5) is 4.15. The molecule has 0 radical (unpaired) electrons. The van der Waals surface area contributed by atoms with Crippen molar-refractivity contribution >= 4 is 11.4 Å². The van der Waals surface area contributed by atoms with Crippen molar-refractivity contribution in [2.24, 2.45) is 0 Å². The number of aliphatic hydroxyl groups excluding tert-OH is 1. The van der Waals surface area contributed by atoms with Crippen molar-refractivity contribution in [1.29, 1.82) is 0 Å². The average molecular weight is 270 g/mol. The first-order valence-electron chi connectivity index (χ1n) is 6.87. The summed E-state index contributed by atoms with van der Waals surface area (Å²) in [7, 11) is 4.00. The van der Waals surface area contributed by atoms with E-state index in [9.17, 15) is 5.11 Å². The van der Waals surface area contributed by atoms with Crippen LogP contribution in [0.4, 0.5) is 11.4 Å². The molecule has 2 aromatic carbocycles. The zero-order chi connectivity index (χ0) is 14.4. The first-order valence-corrected chi connectivity index (χ1v) is 6.87. The Labute approximate surface area is 121 Å². The van der Waals surface area contributed by atoms with Crippen molar-refractivity contribution in [3.8, 4) is 0 Å². The Morgan fingerprint density at radius 2 is 1.10 bits per heavy atom. The molecule has 0 fully saturated rings. The molecule has 1 N–H and O–H groups in total. The molecule has 0 spiro atoms. The molecule has 3 nitrogen and oxygen atoms in total. The predicted octanol–water partition coefficient (Wildman–Crippen LogP) is 2.62. The van der Waals surface area contributed by atoms with Gasteiger partial charge in [0.05, 0.1) is 6.10 Å². The molecule has 0 aliphatic carbocycles. The van der Waals surface area contributed by atoms with E-state index < -0.39 is 6.10 Å². The smallest absolute Gasteiger partial charge is 0.0889 e. The van der Waals surface area contributed by atoms with Gasteiger partial charge in [-0.05, 0) is 24.3 Å². The highest BCUT2D eigenvalue weighted by atomic mass is 16.3. The fourth-order valence-corrected chi connectivity index (χ4v) is 2.27. The lowest BCUT2D eigenvalue weighted by molar-refractivity contribution is 0.188. The number of hydrogen-bond acceptors (Lipinski definition) is 3. The minimum absolute atomic E-state index is 0.398. The van der Waals surface area contributed by atoms with Crippen LogP contribution in [-0.2, 0) is 0 Å². The summed E-state index contributed by atoms with van der Waals surface area (Å²) in [6, 6.07) is 20.2. The van der Waals surface area contributed by atoms with Crippen LogP contribution in [0.1, 0.15) is 0 Å². The first-order chi connectivity index (χ1) is 9.66. The lowest BCUT2D eigenvalue weighted by atomic mass is 10.2. The highest BCUT2D eigenvalue weighted by Gasteiger charge is 2.11. The van der Waals surface area contributed by atoms with Crippen molar-refractivity contribution in [2.45, 2.75) is 6.10 Å². The van der Waals surface area contributed by atoms with Crippen LogP contribution in [0.15, 0.2) is 60.7 Å². The Hall–Kier alpha value is -2.00. The quantitative estimate of drug-likeness (QED) is 0.874. The average Bonchev–Trinajstić information content (AvgIpc) is 2.49. The Kier molecular flexibility index (Phi) is 5.02. The molecule has 3 heteroatoms. The molecule has 0 aliphatic rings. The maximum Gasteiger partial charge on any atom is 0.0889 e. The fourth-order valence-electron chi connectivity index (χ4n) is 2.27. The van der Waals surface area contributed by atoms with E-state index in [1.54, 1.807) is 0 Å². The van der Waals surface area contributed by atoms with E-state index in [-0.39, 0.29) is 0 Å². The second-order valence-electron chi connectivity index (χ2n) is 5.09. The van der Waals surface area contributed by atoms with E-state index in [1.165, 1.54) is 0 Å². The van der Waals surface area contributed by atoms with Gasteiger partial charge in [-0.25, -0.2) is 0 Å². The standard InChI is InChI=1S/C17H22N2O/c1-18(15-9-5-3-6-10-15)13-17(20)14-19(2)16-11-7-4-8-12-16/h3-12,17,20H,13-14H2,1-2H3. The van der Waals surface area contributed by atoms with E-state index in [1.807, 2.05) is 74.8 Å². The molecule has 0 heterocycles. The van der Waals surface area contributed by atoms with Crippen LogP contribution in [0.5, 0.6) is 0 Å². The lowest BCUT2D eigenvalue weighted by Crippen LogP contribution is -2.37. The largest absolute Gasteiger partial charge is 0.389 e. The third kappa shape index (κ3) is 4.00. The summed E-state index contributed by atoms with van der Waals surface area (Å²) in [5.74, 6) is 0. The highest BCUT2D eigenvalue weighted by Crippen LogP contribution is 2.14. The molecule has 0 aromatic heterocycles. The maximum absolute atomic E-state index is 10.2. The van der Waals surface area contributed by atoms with Crippen molar-refractivity contribution in [1.82, 2.24) is 0 Å². The molecular formula is C17H22N2O. The van der Waals surface area contributed by atoms with Gasteiger partial charge in [-0.3, -0.25) is 0 Å². The second-order valence-corrected chi connectivity index (χ2v) is 5.09. The summed E-state index contributed by atoms with van der Waals surface area (Å²) < 4.78 is 0. The number of hydrogen-bond donors (Lipinski definition) is 1. The Morgan fingerprint density at radius 1 is 0.750 bits per heavy atom. The van der Waals surface area contributed by atoms with Crippen LogP contribution < -0.4 is 9.80 Å². The number of benzene rings is 2. The number of para-hydroxylation sites is 2. The number of likely N-dealkylation sites (N-methyl/N-ethyl adjacent to an activating group) is 2. The Bertz CT molecular complexity index is 453. The van der Waals surface area contributed by atoms with Crippen LogP contribution in [-0.4, -0.2) is 38.4 Å². The van der Waals surface area contributed by atoms with Crippen LogP contribution in [0.2, 0.25) is 0 Å². The van der Waals surface area contributed by atoms with Crippen molar-refractivity contribution in [3.05, 3.63) is 60.7 Å². The topological polar surface area (TPSA) is 26.7 Å². The molecule has 2 rings (SSSR count). The molecule has 106 valence electrons. The van der Waals surface area contributed by atoms with E-state index in [4.69, 9.17) is 0 Å². The highest BCUT2D eigenvalue weighted by molar-refractivity contribution is 5.46. The zero-order valence-corrected chi connectivity index (χ0v) is 12.1. The fraction of sp³-hybridized carbons (Fsp3) is 0.294. The number of aliphatic hydroxyl groups is 1. The Morgan fingerprint density at radius 3 is 1.45 bits per heavy atom. The summed E-state index contributed by atoms with van der Waals surface area (Å²) in [6.07, 6.45) is -0.398. The van der Waals surface area contributed by atoms with Gasteiger partial charge in [0.15, 0.2) is 0 Å². The van der Waals surface area contributed by atoms with Gasteiger partial charge in [0.2, 0.25) is 0 Å². The summed E-state index contributed by atoms with van der Waals surface area (Å²) >= 11 is 0. The molecule has 20 heavy (non-hydrogen) atoms. The molecule has 0 bridgehead atoms. The van der Waals surface area contributed by atoms with Gasteiger partial charge in [0, 0.05) is 38.6 Å². The minimum atomic E-state index is -0.398. The zero-order valence-electron chi connectivity index (χ0n) is 12.1. The van der Waals surface area contributed by atoms with E-state index in [2.05, 4.69) is 9.80 Å². The van der Waals surface area contributed by atoms with Gasteiger partial charge in [0.25, 0.3) is 0 Å². The van der Waals surface area contributed by atoms with Crippen molar-refractivity contribution < 1.29 is 5.11 Å². The Balaban J connectivity index is 1.88. The summed E-state index contributed by atoms with van der Waals surface area (Å²) in [5, 5.41) is 10.2. The molecule has 0 saturated heterocycles. The maximum atomic E-state index is 10.2. The van der Waals surface area contributed by atoms with Crippen molar-refractivity contribution in [3.63, 3.8) is 0 Å². The van der Waals surface area contributed by atoms with Crippen molar-refractivity contribution in [2.75, 3.05) is 37.0 Å². The normalized spacial score (nSPS) is 10.6. The van der Waals surface area contributed by atoms with Gasteiger partial charge in [-0.2, -0.15) is 0 Å². The molecule has 0 saturated carbocycles. The monoisotopic (exact) mass is 270 g/mol. The van der Waals surface area contributed by atoms with Crippen LogP contribution in [0.25, 0.3) is 0 Å². The van der Waals surface area contributed by atoms with E-state index in [0.29, 0.717) is 13.1 Å². The predicted molar refractivity (Wildman–Crippen MR) is 85.4 cm³/mol. The number of rotatable bonds is 6. The van der Waals surface area contributed by atoms with Crippen LogP contribution >= 0.6 is 0 Å². The molecule has 2 aromatic rings. The van der Waals surface area contributed by atoms with Gasteiger partial charge >= 0.3 is 0 Å². The van der Waals surface area contributed by atoms with Crippen LogP contribution in [0, 0.1) is 0 Å². The molecular weight excluding hydrogens is 248 g/mol. The third-order valence-corrected chi connectivity index (χ3v) is 3.36. The number of nitrogens with zero attached hydrogens (tertiary/aromatic N) is 2. The van der Waals surface area contributed by atoms with E-state index in [0.717, 1.165) is 11.4 Å². The molecule has 0 unspecified atom stereocenters. The van der Waals surface area contributed by atoms with Gasteiger partial charge in [0.1, 0.15) is 0 Å². The molecule has 0 atom stereocenters. The second kappa shape index (κ2) is 6.96. The van der Waals surface area contributed by atoms with Crippen LogP contribution in [0.3, 0.4) is 0 Å². The van der Waals surface area contributed by atoms with Gasteiger partial charge in [-0.15, -0.1) is 0 Å². The van der Waals surface area contributed by atoms with Gasteiger partial charge < -0.3 is 14.9 Å². The van der Waals surface area contributed by atoms with E-state index >= 15 is 0 Å². The molecule has 0 amide bonds. The third-order valence-electron chi connectivity index (χ3n) is 3.36. The first kappa shape index (κ1) is 14.4. The summed E-state index contributed by atoms with van der Waals surface area (Å²) in [5.41, 5.74) is 2.24. The molecule has 0 aliphatic heterocycles. The van der Waals surface area contributed by atoms with Gasteiger partial charge in [-0.1, -0.05) is 36.4 Å². The lowest BCUT2D eigenvalue weighted by Gasteiger charge is -2.27.